The van der Waals surface area contributed by atoms with Crippen molar-refractivity contribution < 1.29 is 19.1 Å². The van der Waals surface area contributed by atoms with E-state index >= 15 is 0 Å². The molecule has 1 aromatic rings. The highest BCUT2D eigenvalue weighted by molar-refractivity contribution is 5.99. The summed E-state index contributed by atoms with van der Waals surface area (Å²) in [7, 11) is 2.99. The first-order valence-electron chi connectivity index (χ1n) is 6.76. The molecule has 0 aliphatic carbocycles. The molecule has 0 heterocycles. The maximum Gasteiger partial charge on any atom is 0.255 e. The number of hydrogen-bond acceptors (Lipinski definition) is 4. The summed E-state index contributed by atoms with van der Waals surface area (Å²) in [6.45, 7) is 3.79. The van der Waals surface area contributed by atoms with E-state index in [0.717, 1.165) is 6.42 Å². The molecule has 0 bridgehead atoms. The van der Waals surface area contributed by atoms with E-state index in [1.54, 1.807) is 18.2 Å². The Morgan fingerprint density at radius 2 is 1.95 bits per heavy atom. The van der Waals surface area contributed by atoms with Crippen LogP contribution in [0.4, 0.5) is 0 Å². The Labute approximate surface area is 124 Å². The fraction of sp³-hybridized carbons (Fsp3) is 0.467. The zero-order chi connectivity index (χ0) is 16.0. The Balaban J connectivity index is 3.00. The van der Waals surface area contributed by atoms with E-state index in [1.807, 2.05) is 13.8 Å². The molecule has 0 radical (unpaired) electrons. The molecule has 0 saturated heterocycles. The summed E-state index contributed by atoms with van der Waals surface area (Å²) in [5.41, 5.74) is 5.68. The molecule has 0 saturated carbocycles. The number of hydrogen-bond donors (Lipinski definition) is 2. The van der Waals surface area contributed by atoms with Gasteiger partial charge in [-0.3, -0.25) is 9.59 Å². The molecule has 1 rings (SSSR count). The van der Waals surface area contributed by atoms with Gasteiger partial charge in [0.15, 0.2) is 0 Å². The van der Waals surface area contributed by atoms with Gasteiger partial charge in [-0.05, 0) is 18.1 Å². The fourth-order valence-corrected chi connectivity index (χ4v) is 1.93. The average Bonchev–Trinajstić information content (AvgIpc) is 2.50. The third-order valence-corrected chi connectivity index (χ3v) is 3.46. The minimum Gasteiger partial charge on any atom is -0.497 e. The van der Waals surface area contributed by atoms with Crippen molar-refractivity contribution in [3.63, 3.8) is 0 Å². The lowest BCUT2D eigenvalue weighted by Crippen LogP contribution is -2.48. The smallest absolute Gasteiger partial charge is 0.255 e. The molecule has 2 amide bonds. The van der Waals surface area contributed by atoms with E-state index < -0.39 is 17.9 Å². The van der Waals surface area contributed by atoms with Crippen LogP contribution in [0.2, 0.25) is 0 Å². The van der Waals surface area contributed by atoms with Gasteiger partial charge in [0.1, 0.15) is 17.5 Å². The second kappa shape index (κ2) is 7.52. The number of carbonyl (C=O) groups is 2. The lowest BCUT2D eigenvalue weighted by atomic mass is 9.98. The zero-order valence-electron chi connectivity index (χ0n) is 12.8. The van der Waals surface area contributed by atoms with Gasteiger partial charge in [-0.2, -0.15) is 0 Å². The average molecular weight is 294 g/mol. The first-order valence-corrected chi connectivity index (χ1v) is 6.76. The molecule has 2 atom stereocenters. The fourth-order valence-electron chi connectivity index (χ4n) is 1.93. The molecule has 0 aromatic heterocycles. The minimum absolute atomic E-state index is 0.0457. The van der Waals surface area contributed by atoms with Gasteiger partial charge in [0.25, 0.3) is 5.91 Å². The molecule has 6 nitrogen and oxygen atoms in total. The Morgan fingerprint density at radius 1 is 1.29 bits per heavy atom. The van der Waals surface area contributed by atoms with Crippen LogP contribution in [0.15, 0.2) is 18.2 Å². The van der Waals surface area contributed by atoms with Crippen LogP contribution in [-0.4, -0.2) is 32.1 Å². The maximum atomic E-state index is 12.3. The third kappa shape index (κ3) is 4.11. The number of primary amides is 1. The molecule has 21 heavy (non-hydrogen) atoms. The quantitative estimate of drug-likeness (QED) is 0.794. The minimum atomic E-state index is -0.714. The van der Waals surface area contributed by atoms with Crippen LogP contribution in [0.25, 0.3) is 0 Å². The van der Waals surface area contributed by atoms with Crippen LogP contribution in [0, 0.1) is 5.92 Å². The summed E-state index contributed by atoms with van der Waals surface area (Å²) in [4.78, 5) is 23.8. The normalized spacial score (nSPS) is 13.1. The van der Waals surface area contributed by atoms with E-state index in [0.29, 0.717) is 17.1 Å². The monoisotopic (exact) mass is 294 g/mol. The molecular weight excluding hydrogens is 272 g/mol. The number of ether oxygens (including phenoxy) is 2. The van der Waals surface area contributed by atoms with E-state index in [4.69, 9.17) is 15.2 Å². The lowest BCUT2D eigenvalue weighted by molar-refractivity contribution is -0.120. The van der Waals surface area contributed by atoms with Crippen molar-refractivity contribution in [3.8, 4) is 11.5 Å². The number of nitrogens with one attached hydrogen (secondary N) is 1. The van der Waals surface area contributed by atoms with Crippen LogP contribution in [0.5, 0.6) is 11.5 Å². The molecule has 0 fully saturated rings. The van der Waals surface area contributed by atoms with Gasteiger partial charge >= 0.3 is 0 Å². The number of carbonyl (C=O) groups excluding carboxylic acids is 2. The molecule has 1 aromatic carbocycles. The van der Waals surface area contributed by atoms with Crippen LogP contribution in [0.3, 0.4) is 0 Å². The van der Waals surface area contributed by atoms with E-state index in [-0.39, 0.29) is 5.92 Å². The summed E-state index contributed by atoms with van der Waals surface area (Å²) in [6, 6.07) is 4.13. The van der Waals surface area contributed by atoms with E-state index in [2.05, 4.69) is 5.32 Å². The predicted molar refractivity (Wildman–Crippen MR) is 79.4 cm³/mol. The Bertz CT molecular complexity index is 516. The van der Waals surface area contributed by atoms with Gasteiger partial charge in [-0.1, -0.05) is 20.3 Å². The van der Waals surface area contributed by atoms with Gasteiger partial charge in [0.2, 0.25) is 5.91 Å². The van der Waals surface area contributed by atoms with Crippen molar-refractivity contribution in [2.24, 2.45) is 11.7 Å². The molecule has 3 N–H and O–H groups in total. The topological polar surface area (TPSA) is 90.7 Å². The standard InChI is InChI=1S/C15H22N2O4/c1-5-9(2)13(14(16)18)17-15(19)11-7-6-10(20-3)8-12(11)21-4/h6-9,13H,5H2,1-4H3,(H2,16,18)(H,17,19). The van der Waals surface area contributed by atoms with Crippen LogP contribution < -0.4 is 20.5 Å². The molecule has 0 aliphatic rings. The molecule has 116 valence electrons. The summed E-state index contributed by atoms with van der Waals surface area (Å²) >= 11 is 0. The van der Waals surface area contributed by atoms with Crippen LogP contribution in [-0.2, 0) is 4.79 Å². The molecule has 0 spiro atoms. The van der Waals surface area contributed by atoms with Crippen molar-refractivity contribution in [2.75, 3.05) is 14.2 Å². The summed E-state index contributed by atoms with van der Waals surface area (Å²) in [6.07, 6.45) is 0.730. The van der Waals surface area contributed by atoms with Crippen LogP contribution >= 0.6 is 0 Å². The number of rotatable bonds is 7. The summed E-state index contributed by atoms with van der Waals surface area (Å²) < 4.78 is 10.3. The van der Waals surface area contributed by atoms with Gasteiger partial charge in [0, 0.05) is 6.07 Å². The highest BCUT2D eigenvalue weighted by atomic mass is 16.5. The first-order chi connectivity index (χ1) is 9.94. The van der Waals surface area contributed by atoms with Crippen LogP contribution in [0.1, 0.15) is 30.6 Å². The van der Waals surface area contributed by atoms with Gasteiger partial charge in [0.05, 0.1) is 19.8 Å². The van der Waals surface area contributed by atoms with Crippen molar-refractivity contribution in [3.05, 3.63) is 23.8 Å². The second-order valence-corrected chi connectivity index (χ2v) is 4.81. The number of nitrogens with two attached hydrogens (primary N) is 1. The highest BCUT2D eigenvalue weighted by Gasteiger charge is 2.25. The third-order valence-electron chi connectivity index (χ3n) is 3.46. The van der Waals surface area contributed by atoms with Crippen molar-refractivity contribution >= 4 is 11.8 Å². The van der Waals surface area contributed by atoms with Crippen molar-refractivity contribution in [2.45, 2.75) is 26.3 Å². The number of amides is 2. The number of benzene rings is 1. The maximum absolute atomic E-state index is 12.3. The van der Waals surface area contributed by atoms with Gasteiger partial charge < -0.3 is 20.5 Å². The number of methoxy groups -OCH3 is 2. The molecule has 0 aliphatic heterocycles. The predicted octanol–water partition coefficient (Wildman–Crippen LogP) is 1.33. The first kappa shape index (κ1) is 16.8. The second-order valence-electron chi connectivity index (χ2n) is 4.81. The lowest BCUT2D eigenvalue weighted by Gasteiger charge is -2.21. The van der Waals surface area contributed by atoms with Crippen molar-refractivity contribution in [1.82, 2.24) is 5.32 Å². The SMILES string of the molecule is CCC(C)C(NC(=O)c1ccc(OC)cc1OC)C(N)=O. The Morgan fingerprint density at radius 3 is 2.43 bits per heavy atom. The summed E-state index contributed by atoms with van der Waals surface area (Å²) in [5.74, 6) is -0.0459. The largest absolute Gasteiger partial charge is 0.497 e. The Kier molecular flexibility index (Phi) is 6.02. The molecular formula is C15H22N2O4. The highest BCUT2D eigenvalue weighted by Crippen LogP contribution is 2.24. The molecule has 2 unspecified atom stereocenters. The summed E-state index contributed by atoms with van der Waals surface area (Å²) in [5, 5.41) is 2.66. The molecule has 6 heteroatoms. The van der Waals surface area contributed by atoms with E-state index in [1.165, 1.54) is 14.2 Å². The van der Waals surface area contributed by atoms with Gasteiger partial charge in [-0.25, -0.2) is 0 Å². The van der Waals surface area contributed by atoms with E-state index in [9.17, 15) is 9.59 Å². The van der Waals surface area contributed by atoms with Gasteiger partial charge in [-0.15, -0.1) is 0 Å². The zero-order valence-corrected chi connectivity index (χ0v) is 12.8. The Hall–Kier alpha value is -2.24. The van der Waals surface area contributed by atoms with Crippen molar-refractivity contribution in [1.29, 1.82) is 0 Å².